The number of carbonyl (C=O) groups is 1. The molecule has 1 aromatic heterocycles. The summed E-state index contributed by atoms with van der Waals surface area (Å²) in [6.45, 7) is 11.1. The summed E-state index contributed by atoms with van der Waals surface area (Å²) in [7, 11) is 0. The van der Waals surface area contributed by atoms with E-state index in [1.165, 1.54) is 49.7 Å². The second-order valence-corrected chi connectivity index (χ2v) is 11.3. The Labute approximate surface area is 193 Å². The van der Waals surface area contributed by atoms with E-state index in [1.807, 2.05) is 19.2 Å². The lowest BCUT2D eigenvalue weighted by atomic mass is 9.45. The Bertz CT molecular complexity index is 972. The molecule has 1 aromatic rings. The van der Waals surface area contributed by atoms with Crippen LogP contribution in [0.2, 0.25) is 0 Å². The third-order valence-corrected chi connectivity index (χ3v) is 9.69. The number of nitrogens with zero attached hydrogens (tertiary/aromatic N) is 1. The van der Waals surface area contributed by atoms with Crippen molar-refractivity contribution in [3.8, 4) is 0 Å². The number of amides is 1. The maximum Gasteiger partial charge on any atom is 0.243 e. The van der Waals surface area contributed by atoms with Crippen LogP contribution in [0.3, 0.4) is 0 Å². The molecular weight excluding hydrogens is 392 g/mol. The van der Waals surface area contributed by atoms with E-state index in [4.69, 9.17) is 0 Å². The number of carbonyl (C=O) groups excluding carboxylic acids is 1. The number of fused-ring (bicyclic) bond motifs is 6. The van der Waals surface area contributed by atoms with Crippen molar-refractivity contribution in [1.29, 1.82) is 0 Å². The Balaban J connectivity index is 0.000000684. The molecule has 0 saturated heterocycles. The lowest BCUT2D eigenvalue weighted by Gasteiger charge is -2.59. The average Bonchev–Trinajstić information content (AvgIpc) is 3.47. The molecule has 2 heterocycles. The van der Waals surface area contributed by atoms with Gasteiger partial charge in [-0.2, -0.15) is 0 Å². The molecule has 5 atom stereocenters. The minimum atomic E-state index is 0.149. The van der Waals surface area contributed by atoms with Gasteiger partial charge in [-0.15, -0.1) is 6.58 Å². The van der Waals surface area contributed by atoms with Crippen LogP contribution in [0.4, 0.5) is 0 Å². The average molecular weight is 431 g/mol. The Morgan fingerprint density at radius 2 is 1.94 bits per heavy atom. The van der Waals surface area contributed by atoms with Crippen molar-refractivity contribution in [2.45, 2.75) is 65.7 Å². The first kappa shape index (κ1) is 21.7. The van der Waals surface area contributed by atoms with Gasteiger partial charge in [0.2, 0.25) is 5.91 Å². The number of pyridine rings is 1. The second kappa shape index (κ2) is 7.71. The molecule has 3 fully saturated rings. The van der Waals surface area contributed by atoms with Gasteiger partial charge in [0.25, 0.3) is 0 Å². The fourth-order valence-electron chi connectivity index (χ4n) is 8.16. The van der Waals surface area contributed by atoms with Crippen LogP contribution < -0.4 is 5.32 Å². The predicted octanol–water partition coefficient (Wildman–Crippen LogP) is 6.35. The van der Waals surface area contributed by atoms with E-state index in [0.29, 0.717) is 11.3 Å². The fourth-order valence-corrected chi connectivity index (χ4v) is 8.16. The Morgan fingerprint density at radius 1 is 1.16 bits per heavy atom. The maximum atomic E-state index is 12.4. The lowest BCUT2D eigenvalue weighted by Crippen LogP contribution is -2.51. The Morgan fingerprint density at radius 3 is 2.62 bits per heavy atom. The van der Waals surface area contributed by atoms with Gasteiger partial charge in [0.15, 0.2) is 0 Å². The summed E-state index contributed by atoms with van der Waals surface area (Å²) in [6.07, 6.45) is 19.0. The van der Waals surface area contributed by atoms with Crippen molar-refractivity contribution in [3.05, 3.63) is 60.5 Å². The summed E-state index contributed by atoms with van der Waals surface area (Å²) in [5.41, 5.74) is 5.18. The highest BCUT2D eigenvalue weighted by molar-refractivity contribution is 5.89. The molecule has 5 unspecified atom stereocenters. The maximum absolute atomic E-state index is 12.4. The summed E-state index contributed by atoms with van der Waals surface area (Å²) in [6, 6.07) is 4.32. The van der Waals surface area contributed by atoms with Crippen LogP contribution in [0.5, 0.6) is 0 Å². The zero-order valence-electron chi connectivity index (χ0n) is 20.0. The predicted molar refractivity (Wildman–Crippen MR) is 131 cm³/mol. The largest absolute Gasteiger partial charge is 0.353 e. The number of rotatable bonds is 1. The van der Waals surface area contributed by atoms with Gasteiger partial charge in [0, 0.05) is 25.0 Å². The van der Waals surface area contributed by atoms with Gasteiger partial charge in [0.05, 0.1) is 0 Å². The highest BCUT2D eigenvalue weighted by Crippen LogP contribution is 2.74. The van der Waals surface area contributed by atoms with Gasteiger partial charge in [-0.05, 0) is 103 Å². The molecule has 0 aromatic carbocycles. The van der Waals surface area contributed by atoms with Crippen LogP contribution in [0, 0.1) is 34.0 Å². The molecule has 32 heavy (non-hydrogen) atoms. The molecule has 6 rings (SSSR count). The lowest BCUT2D eigenvalue weighted by molar-refractivity contribution is -0.116. The molecule has 170 valence electrons. The molecule has 4 aliphatic carbocycles. The zero-order chi connectivity index (χ0) is 22.6. The SMILES string of the molecule is C=CC.CC12CCC3C(CC4(CC4)C4=CC(=O)NCCC43C)C1CC=C2c1cccnc1. The van der Waals surface area contributed by atoms with E-state index in [-0.39, 0.29) is 16.7 Å². The number of nitrogens with one attached hydrogen (secondary N) is 1. The Kier molecular flexibility index (Phi) is 5.22. The van der Waals surface area contributed by atoms with Gasteiger partial charge in [-0.25, -0.2) is 0 Å². The number of hydrogen-bond acceptors (Lipinski definition) is 2. The van der Waals surface area contributed by atoms with Gasteiger partial charge in [-0.1, -0.05) is 37.6 Å². The van der Waals surface area contributed by atoms with Crippen LogP contribution in [0.1, 0.15) is 71.3 Å². The number of allylic oxidation sites excluding steroid dienone is 4. The van der Waals surface area contributed by atoms with Crippen molar-refractivity contribution in [3.63, 3.8) is 0 Å². The summed E-state index contributed by atoms with van der Waals surface area (Å²) < 4.78 is 0. The van der Waals surface area contributed by atoms with Crippen molar-refractivity contribution in [1.82, 2.24) is 10.3 Å². The van der Waals surface area contributed by atoms with E-state index < -0.39 is 0 Å². The number of hydrogen-bond donors (Lipinski definition) is 1. The molecular formula is C29H38N2O. The van der Waals surface area contributed by atoms with E-state index in [9.17, 15) is 4.79 Å². The van der Waals surface area contributed by atoms with Crippen LogP contribution in [0.25, 0.3) is 5.57 Å². The summed E-state index contributed by atoms with van der Waals surface area (Å²) in [5, 5.41) is 3.14. The minimum Gasteiger partial charge on any atom is -0.353 e. The summed E-state index contributed by atoms with van der Waals surface area (Å²) in [5.74, 6) is 2.37. The van der Waals surface area contributed by atoms with Gasteiger partial charge >= 0.3 is 0 Å². The van der Waals surface area contributed by atoms with Crippen LogP contribution in [-0.2, 0) is 4.79 Å². The third kappa shape index (κ3) is 3.15. The third-order valence-electron chi connectivity index (χ3n) is 9.69. The van der Waals surface area contributed by atoms with Crippen LogP contribution in [0.15, 0.2) is 54.9 Å². The molecule has 5 aliphatic rings. The minimum absolute atomic E-state index is 0.149. The van der Waals surface area contributed by atoms with Crippen LogP contribution >= 0.6 is 0 Å². The molecule has 0 bridgehead atoms. The quantitative estimate of drug-likeness (QED) is 0.528. The highest BCUT2D eigenvalue weighted by atomic mass is 16.1. The van der Waals surface area contributed by atoms with Crippen molar-refractivity contribution >= 4 is 11.5 Å². The van der Waals surface area contributed by atoms with E-state index in [0.717, 1.165) is 24.8 Å². The standard InChI is InChI=1S/C26H32N2O.C3H6/c1-24-8-7-21-18(20(24)6-5-19(24)17-4-3-12-27-16-17)15-26(9-10-26)22-14-23(29)28-13-11-25(21,22)2;1-3-2/h3-5,12,14,16,18,20-21H,6-11,13,15H2,1-2H3,(H,28,29);3H,1H2,2H3. The van der Waals surface area contributed by atoms with Gasteiger partial charge in [0.1, 0.15) is 0 Å². The van der Waals surface area contributed by atoms with Gasteiger partial charge < -0.3 is 5.32 Å². The van der Waals surface area contributed by atoms with E-state index >= 15 is 0 Å². The van der Waals surface area contributed by atoms with Crippen molar-refractivity contribution in [2.75, 3.05) is 6.54 Å². The molecule has 3 heteroatoms. The molecule has 1 spiro atoms. The highest BCUT2D eigenvalue weighted by Gasteiger charge is 2.65. The molecule has 3 nitrogen and oxygen atoms in total. The zero-order valence-corrected chi connectivity index (χ0v) is 20.0. The first-order valence-corrected chi connectivity index (χ1v) is 12.6. The number of aromatic nitrogens is 1. The van der Waals surface area contributed by atoms with E-state index in [1.54, 1.807) is 11.6 Å². The first-order valence-electron chi connectivity index (χ1n) is 12.6. The van der Waals surface area contributed by atoms with Crippen molar-refractivity contribution in [2.24, 2.45) is 34.0 Å². The fraction of sp³-hybridized carbons (Fsp3) is 0.586. The summed E-state index contributed by atoms with van der Waals surface area (Å²) in [4.78, 5) is 16.8. The van der Waals surface area contributed by atoms with E-state index in [2.05, 4.69) is 55.1 Å². The first-order chi connectivity index (χ1) is 15.4. The monoisotopic (exact) mass is 430 g/mol. The smallest absolute Gasteiger partial charge is 0.243 e. The van der Waals surface area contributed by atoms with Crippen molar-refractivity contribution < 1.29 is 4.79 Å². The topological polar surface area (TPSA) is 42.0 Å². The van der Waals surface area contributed by atoms with Crippen LogP contribution in [-0.4, -0.2) is 17.4 Å². The second-order valence-electron chi connectivity index (χ2n) is 11.3. The molecule has 1 aliphatic heterocycles. The molecule has 3 saturated carbocycles. The molecule has 1 amide bonds. The molecule has 0 radical (unpaired) electrons. The molecule has 1 N–H and O–H groups in total. The Hall–Kier alpha value is -2.16. The normalized spacial score (nSPS) is 38.5. The summed E-state index contributed by atoms with van der Waals surface area (Å²) >= 11 is 0. The van der Waals surface area contributed by atoms with Gasteiger partial charge in [-0.3, -0.25) is 9.78 Å².